The van der Waals surface area contributed by atoms with E-state index >= 15 is 0 Å². The molecule has 0 spiro atoms. The number of rotatable bonds is 3. The van der Waals surface area contributed by atoms with Gasteiger partial charge in [0.25, 0.3) is 5.91 Å². The van der Waals surface area contributed by atoms with E-state index in [1.807, 2.05) is 0 Å². The highest BCUT2D eigenvalue weighted by Crippen LogP contribution is 2.17. The van der Waals surface area contributed by atoms with Gasteiger partial charge in [0.05, 0.1) is 0 Å². The SMILES string of the molecule is Cn1ccc(C(=O)Nc2nn(C)cc2S(N)(=O)=O)n1. The minimum Gasteiger partial charge on any atom is -0.303 e. The highest BCUT2D eigenvalue weighted by molar-refractivity contribution is 7.89. The summed E-state index contributed by atoms with van der Waals surface area (Å²) >= 11 is 0. The molecule has 2 aromatic heterocycles. The van der Waals surface area contributed by atoms with E-state index < -0.39 is 15.9 Å². The monoisotopic (exact) mass is 284 g/mol. The van der Waals surface area contributed by atoms with Crippen molar-refractivity contribution < 1.29 is 13.2 Å². The molecule has 1 amide bonds. The Morgan fingerprint density at radius 3 is 2.53 bits per heavy atom. The van der Waals surface area contributed by atoms with Gasteiger partial charge in [-0.1, -0.05) is 0 Å². The van der Waals surface area contributed by atoms with Crippen LogP contribution >= 0.6 is 0 Å². The molecule has 0 unspecified atom stereocenters. The third kappa shape index (κ3) is 2.80. The summed E-state index contributed by atoms with van der Waals surface area (Å²) in [5, 5.41) is 15.1. The molecule has 0 saturated carbocycles. The smallest absolute Gasteiger partial charge is 0.277 e. The van der Waals surface area contributed by atoms with Crippen LogP contribution in [-0.4, -0.2) is 33.9 Å². The molecule has 0 atom stereocenters. The van der Waals surface area contributed by atoms with Gasteiger partial charge in [-0.05, 0) is 6.07 Å². The van der Waals surface area contributed by atoms with Crippen molar-refractivity contribution in [3.63, 3.8) is 0 Å². The fraction of sp³-hybridized carbons (Fsp3) is 0.222. The zero-order chi connectivity index (χ0) is 14.2. The van der Waals surface area contributed by atoms with E-state index in [0.29, 0.717) is 0 Å². The summed E-state index contributed by atoms with van der Waals surface area (Å²) < 4.78 is 25.4. The van der Waals surface area contributed by atoms with Gasteiger partial charge < -0.3 is 5.32 Å². The number of hydrogen-bond acceptors (Lipinski definition) is 5. The normalized spacial score (nSPS) is 11.5. The van der Waals surface area contributed by atoms with Crippen LogP contribution in [0.5, 0.6) is 0 Å². The maximum absolute atomic E-state index is 11.8. The number of hydrogen-bond donors (Lipinski definition) is 2. The van der Waals surface area contributed by atoms with Crippen LogP contribution in [0, 0.1) is 0 Å². The van der Waals surface area contributed by atoms with Crippen molar-refractivity contribution >= 4 is 21.7 Å². The summed E-state index contributed by atoms with van der Waals surface area (Å²) in [6.45, 7) is 0. The van der Waals surface area contributed by atoms with E-state index in [1.54, 1.807) is 13.2 Å². The van der Waals surface area contributed by atoms with E-state index in [4.69, 9.17) is 5.14 Å². The Morgan fingerprint density at radius 2 is 2.00 bits per heavy atom. The Morgan fingerprint density at radius 1 is 1.32 bits per heavy atom. The van der Waals surface area contributed by atoms with Crippen LogP contribution in [0.15, 0.2) is 23.4 Å². The van der Waals surface area contributed by atoms with E-state index in [9.17, 15) is 13.2 Å². The number of aromatic nitrogens is 4. The molecule has 0 aliphatic heterocycles. The van der Waals surface area contributed by atoms with Gasteiger partial charge in [0.1, 0.15) is 4.90 Å². The van der Waals surface area contributed by atoms with Gasteiger partial charge in [-0.15, -0.1) is 0 Å². The predicted molar refractivity (Wildman–Crippen MR) is 65.7 cm³/mol. The van der Waals surface area contributed by atoms with Gasteiger partial charge in [0.15, 0.2) is 11.5 Å². The molecule has 102 valence electrons. The molecule has 3 N–H and O–H groups in total. The standard InChI is InChI=1S/C9H12N6O3S/c1-14-4-3-6(12-14)9(16)11-8-7(19(10,17)18)5-15(2)13-8/h3-5H,1-2H3,(H2,10,17,18)(H,11,13,16). The number of anilines is 1. The number of amides is 1. The molecule has 10 heteroatoms. The summed E-state index contributed by atoms with van der Waals surface area (Å²) in [6.07, 6.45) is 2.80. The van der Waals surface area contributed by atoms with Gasteiger partial charge in [-0.2, -0.15) is 10.2 Å². The molecule has 2 heterocycles. The number of nitrogens with zero attached hydrogens (tertiary/aromatic N) is 4. The van der Waals surface area contributed by atoms with Crippen molar-refractivity contribution in [1.82, 2.24) is 19.6 Å². The number of aryl methyl sites for hydroxylation is 2. The van der Waals surface area contributed by atoms with Crippen molar-refractivity contribution in [1.29, 1.82) is 0 Å². The second kappa shape index (κ2) is 4.48. The molecule has 0 aromatic carbocycles. The van der Waals surface area contributed by atoms with Crippen LogP contribution < -0.4 is 10.5 Å². The largest absolute Gasteiger partial charge is 0.303 e. The maximum Gasteiger partial charge on any atom is 0.277 e. The molecule has 0 aliphatic rings. The first-order valence-corrected chi connectivity index (χ1v) is 6.69. The fourth-order valence-electron chi connectivity index (χ4n) is 1.47. The first kappa shape index (κ1) is 13.2. The Hall–Kier alpha value is -2.20. The van der Waals surface area contributed by atoms with Crippen LogP contribution in [-0.2, 0) is 24.1 Å². The molecular weight excluding hydrogens is 272 g/mol. The van der Waals surface area contributed by atoms with Crippen molar-refractivity contribution in [3.8, 4) is 0 Å². The minimum absolute atomic E-state index is 0.124. The molecule has 19 heavy (non-hydrogen) atoms. The Bertz CT molecular complexity index is 729. The Balaban J connectivity index is 2.32. The van der Waals surface area contributed by atoms with Crippen molar-refractivity contribution in [2.45, 2.75) is 4.90 Å². The first-order valence-electron chi connectivity index (χ1n) is 5.15. The molecule has 0 aliphatic carbocycles. The highest BCUT2D eigenvalue weighted by Gasteiger charge is 2.21. The average Bonchev–Trinajstić information content (AvgIpc) is 2.84. The molecule has 0 bridgehead atoms. The number of nitrogens with one attached hydrogen (secondary N) is 1. The molecule has 0 saturated heterocycles. The lowest BCUT2D eigenvalue weighted by atomic mass is 10.4. The minimum atomic E-state index is -3.96. The second-order valence-electron chi connectivity index (χ2n) is 3.89. The van der Waals surface area contributed by atoms with Crippen LogP contribution in [0.3, 0.4) is 0 Å². The molecule has 9 nitrogen and oxygen atoms in total. The van der Waals surface area contributed by atoms with Gasteiger partial charge in [0, 0.05) is 26.5 Å². The second-order valence-corrected chi connectivity index (χ2v) is 5.42. The van der Waals surface area contributed by atoms with E-state index in [2.05, 4.69) is 15.5 Å². The van der Waals surface area contributed by atoms with Crippen molar-refractivity contribution in [2.75, 3.05) is 5.32 Å². The zero-order valence-corrected chi connectivity index (χ0v) is 11.0. The number of nitrogens with two attached hydrogens (primary N) is 1. The quantitative estimate of drug-likeness (QED) is 0.752. The zero-order valence-electron chi connectivity index (χ0n) is 10.2. The summed E-state index contributed by atoms with van der Waals surface area (Å²) in [7, 11) is -0.780. The Labute approximate surface area is 109 Å². The Kier molecular flexibility index (Phi) is 3.12. The molecular formula is C9H12N6O3S. The van der Waals surface area contributed by atoms with Gasteiger partial charge in [-0.25, -0.2) is 13.6 Å². The van der Waals surface area contributed by atoms with Crippen molar-refractivity contribution in [2.24, 2.45) is 19.2 Å². The van der Waals surface area contributed by atoms with Crippen LogP contribution in [0.25, 0.3) is 0 Å². The van der Waals surface area contributed by atoms with Crippen LogP contribution in [0.4, 0.5) is 5.82 Å². The lowest BCUT2D eigenvalue weighted by molar-refractivity contribution is 0.102. The van der Waals surface area contributed by atoms with Gasteiger partial charge in [0.2, 0.25) is 10.0 Å². The third-order valence-corrected chi connectivity index (χ3v) is 3.19. The summed E-state index contributed by atoms with van der Waals surface area (Å²) in [6, 6.07) is 1.49. The number of primary sulfonamides is 1. The van der Waals surface area contributed by atoms with E-state index in [1.165, 1.54) is 28.7 Å². The van der Waals surface area contributed by atoms with E-state index in [-0.39, 0.29) is 16.4 Å². The summed E-state index contributed by atoms with van der Waals surface area (Å²) in [5.41, 5.74) is 0.147. The van der Waals surface area contributed by atoms with Crippen LogP contribution in [0.2, 0.25) is 0 Å². The number of sulfonamides is 1. The van der Waals surface area contributed by atoms with Crippen molar-refractivity contribution in [3.05, 3.63) is 24.2 Å². The third-order valence-electron chi connectivity index (χ3n) is 2.28. The number of carbonyl (C=O) groups is 1. The fourth-order valence-corrected chi connectivity index (χ4v) is 2.13. The average molecular weight is 284 g/mol. The molecule has 0 radical (unpaired) electrons. The predicted octanol–water partition coefficient (Wildman–Crippen LogP) is -0.947. The van der Waals surface area contributed by atoms with Crippen LogP contribution in [0.1, 0.15) is 10.5 Å². The molecule has 2 rings (SSSR count). The number of carbonyl (C=O) groups excluding carboxylic acids is 1. The first-order chi connectivity index (χ1) is 8.77. The highest BCUT2D eigenvalue weighted by atomic mass is 32.2. The topological polar surface area (TPSA) is 125 Å². The molecule has 0 fully saturated rings. The summed E-state index contributed by atoms with van der Waals surface area (Å²) in [5.74, 6) is -0.690. The van der Waals surface area contributed by atoms with Gasteiger partial charge in [-0.3, -0.25) is 14.2 Å². The lowest BCUT2D eigenvalue weighted by Gasteiger charge is -2.01. The lowest BCUT2D eigenvalue weighted by Crippen LogP contribution is -2.18. The van der Waals surface area contributed by atoms with Gasteiger partial charge >= 0.3 is 0 Å². The van der Waals surface area contributed by atoms with E-state index in [0.717, 1.165) is 0 Å². The maximum atomic E-state index is 11.8. The summed E-state index contributed by atoms with van der Waals surface area (Å²) in [4.78, 5) is 11.6. The molecule has 2 aromatic rings.